The first kappa shape index (κ1) is 19.9. The monoisotopic (exact) mass is 400 g/mol. The quantitative estimate of drug-likeness (QED) is 0.525. The molecule has 4 saturated carbocycles. The number of rotatable bonds is 6. The third-order valence-electron chi connectivity index (χ3n) is 6.04. The Hall–Kier alpha value is -0.870. The predicted molar refractivity (Wildman–Crippen MR) is 83.7 cm³/mol. The SMILES string of the molecule is CC(F)(CCC(=O)OC12CC3CC(CC(O)(C3)C1)C2)C(F)(F)S(=O)(=O)O. The van der Waals surface area contributed by atoms with Crippen molar-refractivity contribution < 1.29 is 40.8 Å². The van der Waals surface area contributed by atoms with Gasteiger partial charge in [-0.2, -0.15) is 17.2 Å². The van der Waals surface area contributed by atoms with E-state index in [9.17, 15) is 31.5 Å². The van der Waals surface area contributed by atoms with Crippen LogP contribution in [0.4, 0.5) is 13.2 Å². The average Bonchev–Trinajstić information content (AvgIpc) is 2.40. The highest BCUT2D eigenvalue weighted by Gasteiger charge is 2.62. The van der Waals surface area contributed by atoms with Crippen LogP contribution in [0.15, 0.2) is 0 Å². The Morgan fingerprint density at radius 1 is 1.19 bits per heavy atom. The maximum Gasteiger partial charge on any atom is 0.402 e. The summed E-state index contributed by atoms with van der Waals surface area (Å²) in [7, 11) is -5.95. The number of aliphatic hydroxyl groups is 1. The molecular weight excluding hydrogens is 377 g/mol. The van der Waals surface area contributed by atoms with E-state index in [1.165, 1.54) is 0 Å². The van der Waals surface area contributed by atoms with Gasteiger partial charge in [0.1, 0.15) is 5.60 Å². The highest BCUT2D eigenvalue weighted by Crippen LogP contribution is 2.59. The van der Waals surface area contributed by atoms with Gasteiger partial charge in [0, 0.05) is 12.8 Å². The lowest BCUT2D eigenvalue weighted by atomic mass is 9.52. The van der Waals surface area contributed by atoms with Crippen LogP contribution in [-0.4, -0.2) is 46.2 Å². The number of halogens is 3. The second kappa shape index (κ2) is 5.81. The summed E-state index contributed by atoms with van der Waals surface area (Å²) in [6.45, 7) is 0.321. The molecule has 2 N–H and O–H groups in total. The average molecular weight is 400 g/mol. The zero-order valence-corrected chi connectivity index (χ0v) is 15.2. The van der Waals surface area contributed by atoms with Crippen molar-refractivity contribution in [2.75, 3.05) is 0 Å². The van der Waals surface area contributed by atoms with Gasteiger partial charge >= 0.3 is 21.3 Å². The summed E-state index contributed by atoms with van der Waals surface area (Å²) in [5, 5.41) is 5.56. The molecule has 4 aliphatic rings. The molecule has 0 heterocycles. The first-order valence-corrected chi connectivity index (χ1v) is 10.1. The number of hydrogen-bond donors (Lipinski definition) is 2. The summed E-state index contributed by atoms with van der Waals surface area (Å²) >= 11 is 0. The van der Waals surface area contributed by atoms with Crippen LogP contribution >= 0.6 is 0 Å². The van der Waals surface area contributed by atoms with Crippen molar-refractivity contribution in [1.82, 2.24) is 0 Å². The smallest absolute Gasteiger partial charge is 0.402 e. The zero-order chi connectivity index (χ0) is 19.6. The summed E-state index contributed by atoms with van der Waals surface area (Å²) in [5.74, 6) is -0.431. The van der Waals surface area contributed by atoms with Crippen molar-refractivity contribution >= 4 is 16.1 Å². The molecular formula is C16H23F3O6S. The van der Waals surface area contributed by atoms with E-state index in [2.05, 4.69) is 0 Å². The molecule has 10 heteroatoms. The van der Waals surface area contributed by atoms with E-state index in [1.54, 1.807) is 0 Å². The van der Waals surface area contributed by atoms with Gasteiger partial charge in [-0.15, -0.1) is 0 Å². The molecule has 3 unspecified atom stereocenters. The highest BCUT2D eigenvalue weighted by molar-refractivity contribution is 7.87. The molecule has 0 aliphatic heterocycles. The number of carbonyl (C=O) groups is 1. The number of hydrogen-bond acceptors (Lipinski definition) is 5. The van der Waals surface area contributed by atoms with Gasteiger partial charge in [-0.05, 0) is 57.3 Å². The summed E-state index contributed by atoms with van der Waals surface area (Å²) in [4.78, 5) is 12.1. The second-order valence-corrected chi connectivity index (χ2v) is 9.99. The Balaban J connectivity index is 1.63. The predicted octanol–water partition coefficient (Wildman–Crippen LogP) is 2.60. The molecule has 0 aromatic heterocycles. The number of esters is 1. The van der Waals surface area contributed by atoms with Gasteiger partial charge in [-0.25, -0.2) is 4.39 Å². The molecule has 4 bridgehead atoms. The summed E-state index contributed by atoms with van der Waals surface area (Å²) in [6, 6.07) is 0. The third kappa shape index (κ3) is 3.35. The molecule has 150 valence electrons. The number of carbonyl (C=O) groups excluding carboxylic acids is 1. The van der Waals surface area contributed by atoms with Gasteiger partial charge in [0.2, 0.25) is 0 Å². The molecule has 0 aromatic rings. The van der Waals surface area contributed by atoms with Gasteiger partial charge in [0.25, 0.3) is 0 Å². The van der Waals surface area contributed by atoms with Gasteiger partial charge in [-0.3, -0.25) is 9.35 Å². The number of ether oxygens (including phenoxy) is 1. The second-order valence-electron chi connectivity index (χ2n) is 8.53. The van der Waals surface area contributed by atoms with Crippen molar-refractivity contribution in [1.29, 1.82) is 0 Å². The van der Waals surface area contributed by atoms with Gasteiger partial charge in [0.15, 0.2) is 5.67 Å². The van der Waals surface area contributed by atoms with Crippen LogP contribution in [0, 0.1) is 11.8 Å². The Morgan fingerprint density at radius 3 is 2.19 bits per heavy atom. The van der Waals surface area contributed by atoms with Crippen molar-refractivity contribution in [3.8, 4) is 0 Å². The lowest BCUT2D eigenvalue weighted by Gasteiger charge is -2.59. The lowest BCUT2D eigenvalue weighted by Crippen LogP contribution is -2.60. The van der Waals surface area contributed by atoms with E-state index in [0.29, 0.717) is 32.6 Å². The molecule has 0 aromatic carbocycles. The van der Waals surface area contributed by atoms with Crippen molar-refractivity contribution in [3.05, 3.63) is 0 Å². The molecule has 4 aliphatic carbocycles. The largest absolute Gasteiger partial charge is 0.459 e. The van der Waals surface area contributed by atoms with Crippen LogP contribution < -0.4 is 0 Å². The fourth-order valence-corrected chi connectivity index (χ4v) is 5.93. The van der Waals surface area contributed by atoms with Gasteiger partial charge in [-0.1, -0.05) is 0 Å². The summed E-state index contributed by atoms with van der Waals surface area (Å²) in [5.41, 5.74) is -5.36. The topological polar surface area (TPSA) is 101 Å². The van der Waals surface area contributed by atoms with Crippen LogP contribution in [0.3, 0.4) is 0 Å². The molecule has 4 rings (SSSR count). The third-order valence-corrected chi connectivity index (χ3v) is 7.11. The fourth-order valence-electron chi connectivity index (χ4n) is 5.29. The van der Waals surface area contributed by atoms with Crippen LogP contribution in [0.1, 0.15) is 58.3 Å². The molecule has 0 saturated heterocycles. The van der Waals surface area contributed by atoms with E-state index in [4.69, 9.17) is 9.29 Å². The van der Waals surface area contributed by atoms with Crippen LogP contribution in [0.2, 0.25) is 0 Å². The Kier molecular flexibility index (Phi) is 4.44. The van der Waals surface area contributed by atoms with E-state index in [1.807, 2.05) is 0 Å². The van der Waals surface area contributed by atoms with E-state index in [-0.39, 0.29) is 18.3 Å². The molecule has 0 spiro atoms. The summed E-state index contributed by atoms with van der Waals surface area (Å²) < 4.78 is 76.6. The first-order chi connectivity index (χ1) is 11.7. The van der Waals surface area contributed by atoms with Gasteiger partial charge < -0.3 is 9.84 Å². The van der Waals surface area contributed by atoms with E-state index < -0.39 is 51.1 Å². The minimum Gasteiger partial charge on any atom is -0.459 e. The van der Waals surface area contributed by atoms with Crippen LogP contribution in [-0.2, 0) is 19.6 Å². The van der Waals surface area contributed by atoms with Crippen molar-refractivity contribution in [2.45, 2.75) is 80.4 Å². The Labute approximate surface area is 149 Å². The zero-order valence-electron chi connectivity index (χ0n) is 14.4. The fraction of sp³-hybridized carbons (Fsp3) is 0.938. The maximum atomic E-state index is 14.1. The van der Waals surface area contributed by atoms with E-state index >= 15 is 0 Å². The highest BCUT2D eigenvalue weighted by atomic mass is 32.2. The standard InChI is InChI=1S/C16H23F3O6S/c1-13(17,16(18,19)26(22,23)24)3-2-12(20)25-15-7-10-4-11(8-15)6-14(21,5-10)9-15/h10-11,21H,2-9H2,1H3,(H,22,23,24). The van der Waals surface area contributed by atoms with Crippen LogP contribution in [0.25, 0.3) is 0 Å². The van der Waals surface area contributed by atoms with Gasteiger partial charge in [0.05, 0.1) is 5.60 Å². The maximum absolute atomic E-state index is 14.1. The Bertz CT molecular complexity index is 691. The van der Waals surface area contributed by atoms with Crippen LogP contribution in [0.5, 0.6) is 0 Å². The molecule has 6 nitrogen and oxygen atoms in total. The molecule has 26 heavy (non-hydrogen) atoms. The first-order valence-electron chi connectivity index (χ1n) is 8.65. The van der Waals surface area contributed by atoms with Crippen molar-refractivity contribution in [3.63, 3.8) is 0 Å². The number of alkyl halides is 3. The van der Waals surface area contributed by atoms with Crippen molar-refractivity contribution in [2.24, 2.45) is 11.8 Å². The normalized spacial score (nSPS) is 38.8. The minimum absolute atomic E-state index is 0.240. The molecule has 3 atom stereocenters. The molecule has 4 fully saturated rings. The minimum atomic E-state index is -5.95. The molecule has 0 radical (unpaired) electrons. The Morgan fingerprint density at radius 2 is 1.73 bits per heavy atom. The lowest BCUT2D eigenvalue weighted by molar-refractivity contribution is -0.220. The summed E-state index contributed by atoms with van der Waals surface area (Å²) in [6.07, 6.45) is 1.87. The molecule has 0 amide bonds. The van der Waals surface area contributed by atoms with E-state index in [0.717, 1.165) is 6.42 Å².